The third-order valence-electron chi connectivity index (χ3n) is 2.83. The van der Waals surface area contributed by atoms with Gasteiger partial charge in [-0.15, -0.1) is 0 Å². The molecule has 5 heteroatoms. The van der Waals surface area contributed by atoms with Crippen LogP contribution in [0.1, 0.15) is 17.2 Å². The molecule has 0 aliphatic carbocycles. The number of hydrogen-bond acceptors (Lipinski definition) is 2. The Labute approximate surface area is 136 Å². The number of ether oxygens (including phenoxy) is 1. The molecule has 0 heterocycles. The van der Waals surface area contributed by atoms with E-state index in [1.165, 1.54) is 0 Å². The van der Waals surface area contributed by atoms with Crippen molar-refractivity contribution in [3.63, 3.8) is 0 Å². The van der Waals surface area contributed by atoms with Gasteiger partial charge in [-0.1, -0.05) is 29.3 Å². The fraction of sp³-hybridized carbons (Fsp3) is 0.143. The standard InChI is InChI=1S/C14H12Cl2INO/c1-19-13-5-3-9(15)7-10(13)14(18)8-2-4-12(17)11(16)6-8/h2-7,14H,18H2,1H3. The van der Waals surface area contributed by atoms with Gasteiger partial charge in [-0.05, 0) is 58.5 Å². The van der Waals surface area contributed by atoms with Crippen molar-refractivity contribution >= 4 is 45.8 Å². The minimum absolute atomic E-state index is 0.330. The van der Waals surface area contributed by atoms with Gasteiger partial charge in [0.2, 0.25) is 0 Å². The van der Waals surface area contributed by atoms with Crippen LogP contribution in [-0.2, 0) is 0 Å². The highest BCUT2D eigenvalue weighted by Gasteiger charge is 2.15. The third kappa shape index (κ3) is 3.34. The summed E-state index contributed by atoms with van der Waals surface area (Å²) in [6.07, 6.45) is 0. The van der Waals surface area contributed by atoms with Crippen LogP contribution in [0.3, 0.4) is 0 Å². The average Bonchev–Trinajstić information content (AvgIpc) is 2.41. The maximum absolute atomic E-state index is 6.28. The summed E-state index contributed by atoms with van der Waals surface area (Å²) >= 11 is 14.3. The molecule has 0 aliphatic rings. The molecule has 0 aliphatic heterocycles. The van der Waals surface area contributed by atoms with Crippen LogP contribution in [0.2, 0.25) is 10.0 Å². The van der Waals surface area contributed by atoms with Gasteiger partial charge in [0.25, 0.3) is 0 Å². The topological polar surface area (TPSA) is 35.2 Å². The SMILES string of the molecule is COc1ccc(Cl)cc1C(N)c1ccc(I)c(Cl)c1. The summed E-state index contributed by atoms with van der Waals surface area (Å²) in [6.45, 7) is 0. The number of nitrogens with two attached hydrogens (primary N) is 1. The predicted molar refractivity (Wildman–Crippen MR) is 88.2 cm³/mol. The summed E-state index contributed by atoms with van der Waals surface area (Å²) in [6, 6.07) is 10.8. The summed E-state index contributed by atoms with van der Waals surface area (Å²) in [4.78, 5) is 0. The van der Waals surface area contributed by atoms with E-state index in [0.29, 0.717) is 15.8 Å². The van der Waals surface area contributed by atoms with Gasteiger partial charge >= 0.3 is 0 Å². The van der Waals surface area contributed by atoms with Gasteiger partial charge in [-0.3, -0.25) is 0 Å². The van der Waals surface area contributed by atoms with Crippen LogP contribution in [0.25, 0.3) is 0 Å². The van der Waals surface area contributed by atoms with Gasteiger partial charge in [0, 0.05) is 14.2 Å². The zero-order valence-electron chi connectivity index (χ0n) is 10.2. The van der Waals surface area contributed by atoms with E-state index in [-0.39, 0.29) is 6.04 Å². The smallest absolute Gasteiger partial charge is 0.124 e. The van der Waals surface area contributed by atoms with Crippen LogP contribution in [0, 0.1) is 3.57 Å². The van der Waals surface area contributed by atoms with Gasteiger partial charge in [0.05, 0.1) is 18.2 Å². The molecule has 0 fully saturated rings. The average molecular weight is 408 g/mol. The Bertz CT molecular complexity index is 604. The van der Waals surface area contributed by atoms with Crippen molar-refractivity contribution in [3.05, 3.63) is 61.1 Å². The first-order chi connectivity index (χ1) is 9.02. The number of methoxy groups -OCH3 is 1. The molecule has 0 aromatic heterocycles. The van der Waals surface area contributed by atoms with E-state index in [1.807, 2.05) is 30.3 Å². The first-order valence-corrected chi connectivity index (χ1v) is 7.40. The lowest BCUT2D eigenvalue weighted by Gasteiger charge is -2.17. The first-order valence-electron chi connectivity index (χ1n) is 5.57. The molecular weight excluding hydrogens is 396 g/mol. The lowest BCUT2D eigenvalue weighted by atomic mass is 9.99. The van der Waals surface area contributed by atoms with Crippen molar-refractivity contribution in [3.8, 4) is 5.75 Å². The summed E-state index contributed by atoms with van der Waals surface area (Å²) in [7, 11) is 1.61. The second kappa shape index (κ2) is 6.31. The third-order valence-corrected chi connectivity index (χ3v) is 4.64. The molecule has 1 unspecified atom stereocenters. The summed E-state index contributed by atoms with van der Waals surface area (Å²) in [5, 5.41) is 1.32. The highest BCUT2D eigenvalue weighted by molar-refractivity contribution is 14.1. The molecule has 2 nitrogen and oxygen atoms in total. The molecule has 0 radical (unpaired) electrons. The van der Waals surface area contributed by atoms with E-state index >= 15 is 0 Å². The maximum atomic E-state index is 6.28. The molecule has 2 N–H and O–H groups in total. The normalized spacial score (nSPS) is 12.3. The summed E-state index contributed by atoms with van der Waals surface area (Å²) in [5.74, 6) is 0.714. The Balaban J connectivity index is 2.45. The molecule has 0 saturated heterocycles. The molecule has 100 valence electrons. The van der Waals surface area contributed by atoms with E-state index in [2.05, 4.69) is 22.6 Å². The Morgan fingerprint density at radius 1 is 1.16 bits per heavy atom. The highest BCUT2D eigenvalue weighted by atomic mass is 127. The van der Waals surface area contributed by atoms with Crippen LogP contribution >= 0.6 is 45.8 Å². The minimum Gasteiger partial charge on any atom is -0.496 e. The van der Waals surface area contributed by atoms with Crippen molar-refractivity contribution in [1.82, 2.24) is 0 Å². The van der Waals surface area contributed by atoms with Crippen LogP contribution < -0.4 is 10.5 Å². The van der Waals surface area contributed by atoms with Crippen LogP contribution in [-0.4, -0.2) is 7.11 Å². The largest absolute Gasteiger partial charge is 0.496 e. The van der Waals surface area contributed by atoms with E-state index in [9.17, 15) is 0 Å². The van der Waals surface area contributed by atoms with E-state index in [0.717, 1.165) is 14.7 Å². The minimum atomic E-state index is -0.330. The molecule has 0 bridgehead atoms. The van der Waals surface area contributed by atoms with Crippen molar-refractivity contribution in [2.45, 2.75) is 6.04 Å². The second-order valence-electron chi connectivity index (χ2n) is 4.04. The van der Waals surface area contributed by atoms with Gasteiger partial charge in [0.15, 0.2) is 0 Å². The van der Waals surface area contributed by atoms with Crippen molar-refractivity contribution in [2.24, 2.45) is 5.73 Å². The van der Waals surface area contributed by atoms with Crippen molar-refractivity contribution in [1.29, 1.82) is 0 Å². The Morgan fingerprint density at radius 3 is 2.53 bits per heavy atom. The van der Waals surface area contributed by atoms with Crippen LogP contribution in [0.15, 0.2) is 36.4 Å². The van der Waals surface area contributed by atoms with Crippen LogP contribution in [0.4, 0.5) is 0 Å². The monoisotopic (exact) mass is 407 g/mol. The first kappa shape index (κ1) is 14.9. The molecule has 19 heavy (non-hydrogen) atoms. The van der Waals surface area contributed by atoms with E-state index in [1.54, 1.807) is 13.2 Å². The highest BCUT2D eigenvalue weighted by Crippen LogP contribution is 2.32. The summed E-state index contributed by atoms with van der Waals surface area (Å²) in [5.41, 5.74) is 8.04. The predicted octanol–water partition coefficient (Wildman–Crippen LogP) is 4.65. The molecule has 0 amide bonds. The number of hydrogen-bond donors (Lipinski definition) is 1. The van der Waals surface area contributed by atoms with Gasteiger partial charge in [0.1, 0.15) is 5.75 Å². The number of rotatable bonds is 3. The Kier molecular flexibility index (Phi) is 4.95. The lowest BCUT2D eigenvalue weighted by Crippen LogP contribution is -2.13. The zero-order valence-corrected chi connectivity index (χ0v) is 13.8. The molecule has 0 saturated carbocycles. The molecule has 2 aromatic carbocycles. The molecular formula is C14H12Cl2INO. The number of halogens is 3. The second-order valence-corrected chi connectivity index (χ2v) is 6.04. The quantitative estimate of drug-likeness (QED) is 0.751. The van der Waals surface area contributed by atoms with Gasteiger partial charge in [-0.2, -0.15) is 0 Å². The fourth-order valence-corrected chi connectivity index (χ4v) is 2.54. The van der Waals surface area contributed by atoms with Gasteiger partial charge < -0.3 is 10.5 Å². The fourth-order valence-electron chi connectivity index (χ4n) is 1.83. The molecule has 2 rings (SSSR count). The summed E-state index contributed by atoms with van der Waals surface area (Å²) < 4.78 is 6.32. The molecule has 0 spiro atoms. The zero-order chi connectivity index (χ0) is 14.0. The van der Waals surface area contributed by atoms with Crippen molar-refractivity contribution < 1.29 is 4.74 Å². The Hall–Kier alpha value is -0.490. The molecule has 2 aromatic rings. The maximum Gasteiger partial charge on any atom is 0.124 e. The van der Waals surface area contributed by atoms with Crippen molar-refractivity contribution in [2.75, 3.05) is 7.11 Å². The lowest BCUT2D eigenvalue weighted by molar-refractivity contribution is 0.408. The van der Waals surface area contributed by atoms with E-state index < -0.39 is 0 Å². The Morgan fingerprint density at radius 2 is 1.89 bits per heavy atom. The van der Waals surface area contributed by atoms with Crippen LogP contribution in [0.5, 0.6) is 5.75 Å². The van der Waals surface area contributed by atoms with Gasteiger partial charge in [-0.25, -0.2) is 0 Å². The molecule has 1 atom stereocenters. The number of benzene rings is 2. The van der Waals surface area contributed by atoms with E-state index in [4.69, 9.17) is 33.7 Å².